The molecular formula is C12H23N3O2. The van der Waals surface area contributed by atoms with Crippen molar-refractivity contribution in [2.45, 2.75) is 12.8 Å². The van der Waals surface area contributed by atoms with Crippen molar-refractivity contribution in [3.8, 4) is 0 Å². The van der Waals surface area contributed by atoms with Gasteiger partial charge in [0.1, 0.15) is 0 Å². The molecule has 2 rings (SSSR count). The van der Waals surface area contributed by atoms with Crippen molar-refractivity contribution in [3.05, 3.63) is 0 Å². The van der Waals surface area contributed by atoms with Crippen LogP contribution in [-0.4, -0.2) is 68.8 Å². The molecule has 0 aromatic rings. The van der Waals surface area contributed by atoms with Gasteiger partial charge in [-0.2, -0.15) is 0 Å². The van der Waals surface area contributed by atoms with E-state index in [1.807, 2.05) is 4.90 Å². The standard InChI is InChI=1S/C12H23N3O2/c1-14-4-6-15(7-5-14)12(16)13-10-11-2-8-17-9-3-11/h11H,2-10H2,1H3,(H,13,16). The minimum Gasteiger partial charge on any atom is -0.381 e. The summed E-state index contributed by atoms with van der Waals surface area (Å²) in [4.78, 5) is 16.1. The van der Waals surface area contributed by atoms with E-state index in [9.17, 15) is 4.79 Å². The summed E-state index contributed by atoms with van der Waals surface area (Å²) >= 11 is 0. The van der Waals surface area contributed by atoms with E-state index in [2.05, 4.69) is 17.3 Å². The Hall–Kier alpha value is -0.810. The predicted molar refractivity (Wildman–Crippen MR) is 66.0 cm³/mol. The average Bonchev–Trinajstić information content (AvgIpc) is 2.38. The molecule has 2 aliphatic heterocycles. The van der Waals surface area contributed by atoms with Crippen LogP contribution < -0.4 is 5.32 Å². The van der Waals surface area contributed by atoms with Gasteiger partial charge in [0.2, 0.25) is 0 Å². The molecule has 5 nitrogen and oxygen atoms in total. The van der Waals surface area contributed by atoms with Crippen molar-refractivity contribution < 1.29 is 9.53 Å². The van der Waals surface area contributed by atoms with Crippen molar-refractivity contribution in [2.75, 3.05) is 53.0 Å². The van der Waals surface area contributed by atoms with Crippen LogP contribution in [0.15, 0.2) is 0 Å². The number of piperazine rings is 1. The normalized spacial score (nSPS) is 23.7. The number of urea groups is 1. The van der Waals surface area contributed by atoms with Gasteiger partial charge in [0.15, 0.2) is 0 Å². The molecule has 2 amide bonds. The third-order valence-corrected chi connectivity index (χ3v) is 3.67. The van der Waals surface area contributed by atoms with Gasteiger partial charge in [-0.15, -0.1) is 0 Å². The summed E-state index contributed by atoms with van der Waals surface area (Å²) in [5.74, 6) is 0.597. The quantitative estimate of drug-likeness (QED) is 0.760. The lowest BCUT2D eigenvalue weighted by molar-refractivity contribution is 0.0660. The lowest BCUT2D eigenvalue weighted by Crippen LogP contribution is -2.51. The van der Waals surface area contributed by atoms with Crippen LogP contribution in [0, 0.1) is 5.92 Å². The Bertz CT molecular complexity index is 246. The molecule has 2 saturated heterocycles. The molecular weight excluding hydrogens is 218 g/mol. The minimum atomic E-state index is 0.101. The Labute approximate surface area is 103 Å². The molecule has 0 aliphatic carbocycles. The zero-order valence-electron chi connectivity index (χ0n) is 10.7. The summed E-state index contributed by atoms with van der Waals surface area (Å²) in [5.41, 5.74) is 0. The summed E-state index contributed by atoms with van der Waals surface area (Å²) in [6, 6.07) is 0.101. The molecule has 0 bridgehead atoms. The average molecular weight is 241 g/mol. The second-order valence-corrected chi connectivity index (χ2v) is 5.03. The molecule has 2 heterocycles. The third-order valence-electron chi connectivity index (χ3n) is 3.67. The maximum atomic E-state index is 11.9. The van der Waals surface area contributed by atoms with Gasteiger partial charge in [-0.3, -0.25) is 0 Å². The maximum absolute atomic E-state index is 11.9. The summed E-state index contributed by atoms with van der Waals surface area (Å²) in [6.07, 6.45) is 2.14. The molecule has 0 saturated carbocycles. The number of nitrogens with one attached hydrogen (secondary N) is 1. The molecule has 0 unspecified atom stereocenters. The van der Waals surface area contributed by atoms with Gasteiger partial charge in [0.25, 0.3) is 0 Å². The van der Waals surface area contributed by atoms with E-state index in [4.69, 9.17) is 4.74 Å². The van der Waals surface area contributed by atoms with Crippen molar-refractivity contribution >= 4 is 6.03 Å². The van der Waals surface area contributed by atoms with Crippen LogP contribution in [0.4, 0.5) is 4.79 Å². The van der Waals surface area contributed by atoms with Gasteiger partial charge in [-0.25, -0.2) is 4.79 Å². The number of ether oxygens (including phenoxy) is 1. The fourth-order valence-electron chi connectivity index (χ4n) is 2.30. The van der Waals surface area contributed by atoms with Crippen molar-refractivity contribution in [2.24, 2.45) is 5.92 Å². The van der Waals surface area contributed by atoms with E-state index in [-0.39, 0.29) is 6.03 Å². The summed E-state index contributed by atoms with van der Waals surface area (Å²) in [7, 11) is 2.09. The SMILES string of the molecule is CN1CCN(C(=O)NCC2CCOCC2)CC1. The molecule has 2 aliphatic rings. The number of likely N-dealkylation sites (N-methyl/N-ethyl adjacent to an activating group) is 1. The monoisotopic (exact) mass is 241 g/mol. The van der Waals surface area contributed by atoms with Crippen LogP contribution in [0.1, 0.15) is 12.8 Å². The van der Waals surface area contributed by atoms with Gasteiger partial charge in [-0.05, 0) is 25.8 Å². The van der Waals surface area contributed by atoms with Gasteiger partial charge >= 0.3 is 6.03 Å². The minimum absolute atomic E-state index is 0.101. The summed E-state index contributed by atoms with van der Waals surface area (Å²) in [6.45, 7) is 6.13. The Morgan fingerprint density at radius 1 is 1.24 bits per heavy atom. The van der Waals surface area contributed by atoms with Crippen LogP contribution in [0.5, 0.6) is 0 Å². The van der Waals surface area contributed by atoms with Crippen molar-refractivity contribution in [1.29, 1.82) is 0 Å². The lowest BCUT2D eigenvalue weighted by Gasteiger charge is -2.33. The second kappa shape index (κ2) is 6.21. The molecule has 5 heteroatoms. The van der Waals surface area contributed by atoms with E-state index >= 15 is 0 Å². The molecule has 0 aromatic heterocycles. The predicted octanol–water partition coefficient (Wildman–Crippen LogP) is 0.370. The highest BCUT2D eigenvalue weighted by Gasteiger charge is 2.20. The zero-order valence-corrected chi connectivity index (χ0v) is 10.7. The van der Waals surface area contributed by atoms with Crippen LogP contribution in [0.2, 0.25) is 0 Å². The number of carbonyl (C=O) groups excluding carboxylic acids is 1. The first kappa shape index (κ1) is 12.6. The van der Waals surface area contributed by atoms with E-state index in [0.717, 1.165) is 58.8 Å². The molecule has 2 fully saturated rings. The third kappa shape index (κ3) is 3.85. The second-order valence-electron chi connectivity index (χ2n) is 5.03. The van der Waals surface area contributed by atoms with E-state index in [1.165, 1.54) is 0 Å². The molecule has 1 N–H and O–H groups in total. The van der Waals surface area contributed by atoms with Crippen LogP contribution in [0.3, 0.4) is 0 Å². The Morgan fingerprint density at radius 3 is 2.53 bits per heavy atom. The molecule has 0 spiro atoms. The van der Waals surface area contributed by atoms with Crippen LogP contribution in [0.25, 0.3) is 0 Å². The fraction of sp³-hybridized carbons (Fsp3) is 0.917. The summed E-state index contributed by atoms with van der Waals surface area (Å²) < 4.78 is 5.31. The smallest absolute Gasteiger partial charge is 0.317 e. The number of amides is 2. The summed E-state index contributed by atoms with van der Waals surface area (Å²) in [5, 5.41) is 3.05. The van der Waals surface area contributed by atoms with Crippen molar-refractivity contribution in [3.63, 3.8) is 0 Å². The van der Waals surface area contributed by atoms with Crippen LogP contribution >= 0.6 is 0 Å². The van der Waals surface area contributed by atoms with Crippen LogP contribution in [-0.2, 0) is 4.74 Å². The largest absolute Gasteiger partial charge is 0.381 e. The van der Waals surface area contributed by atoms with E-state index in [1.54, 1.807) is 0 Å². The Morgan fingerprint density at radius 2 is 1.88 bits per heavy atom. The Kier molecular flexibility index (Phi) is 4.62. The topological polar surface area (TPSA) is 44.8 Å². The highest BCUT2D eigenvalue weighted by molar-refractivity contribution is 5.74. The van der Waals surface area contributed by atoms with E-state index in [0.29, 0.717) is 5.92 Å². The number of rotatable bonds is 2. The highest BCUT2D eigenvalue weighted by atomic mass is 16.5. The van der Waals surface area contributed by atoms with E-state index < -0.39 is 0 Å². The van der Waals surface area contributed by atoms with Crippen molar-refractivity contribution in [1.82, 2.24) is 15.1 Å². The van der Waals surface area contributed by atoms with Gasteiger partial charge in [0, 0.05) is 45.9 Å². The maximum Gasteiger partial charge on any atom is 0.317 e. The Balaban J connectivity index is 1.66. The molecule has 0 aromatic carbocycles. The lowest BCUT2D eigenvalue weighted by atomic mass is 10.0. The number of hydrogen-bond donors (Lipinski definition) is 1. The number of nitrogens with zero attached hydrogens (tertiary/aromatic N) is 2. The number of carbonyl (C=O) groups is 1. The highest BCUT2D eigenvalue weighted by Crippen LogP contribution is 2.13. The first-order valence-corrected chi connectivity index (χ1v) is 6.55. The first-order valence-electron chi connectivity index (χ1n) is 6.55. The molecule has 17 heavy (non-hydrogen) atoms. The molecule has 0 atom stereocenters. The van der Waals surface area contributed by atoms with Gasteiger partial charge in [0.05, 0.1) is 0 Å². The molecule has 98 valence electrons. The fourth-order valence-corrected chi connectivity index (χ4v) is 2.30. The van der Waals surface area contributed by atoms with Gasteiger partial charge < -0.3 is 19.9 Å². The molecule has 0 radical (unpaired) electrons. The first-order chi connectivity index (χ1) is 8.25. The zero-order chi connectivity index (χ0) is 12.1. The van der Waals surface area contributed by atoms with Gasteiger partial charge in [-0.1, -0.05) is 0 Å². The number of hydrogen-bond acceptors (Lipinski definition) is 3.